The quantitative estimate of drug-likeness (QED) is 0.377. The number of pyridine rings is 1. The summed E-state index contributed by atoms with van der Waals surface area (Å²) in [6, 6.07) is 27.6. The molecular formula is C27H21NO3. The minimum absolute atomic E-state index is 0.480. The third kappa shape index (κ3) is 5.06. The van der Waals surface area contributed by atoms with Gasteiger partial charge in [-0.15, -0.1) is 0 Å². The molecule has 152 valence electrons. The van der Waals surface area contributed by atoms with Crippen LogP contribution in [0.4, 0.5) is 0 Å². The number of carboxylic acid groups (broad SMARTS) is 1. The average Bonchev–Trinajstić information content (AvgIpc) is 2.82. The zero-order valence-electron chi connectivity index (χ0n) is 16.8. The molecule has 0 unspecified atom stereocenters. The maximum absolute atomic E-state index is 10.9. The van der Waals surface area contributed by atoms with Gasteiger partial charge in [-0.25, -0.2) is 4.79 Å². The maximum atomic E-state index is 10.9. The minimum atomic E-state index is -0.980. The van der Waals surface area contributed by atoms with Crippen LogP contribution in [0.5, 0.6) is 5.75 Å². The first-order chi connectivity index (χ1) is 15.2. The molecule has 4 aromatic rings. The van der Waals surface area contributed by atoms with Gasteiger partial charge in [0.05, 0.1) is 0 Å². The predicted molar refractivity (Wildman–Crippen MR) is 123 cm³/mol. The van der Waals surface area contributed by atoms with E-state index in [1.165, 1.54) is 0 Å². The lowest BCUT2D eigenvalue weighted by Crippen LogP contribution is -1.97. The second-order valence-corrected chi connectivity index (χ2v) is 6.99. The summed E-state index contributed by atoms with van der Waals surface area (Å²) >= 11 is 0. The molecule has 0 aliphatic rings. The van der Waals surface area contributed by atoms with E-state index >= 15 is 0 Å². The van der Waals surface area contributed by atoms with Gasteiger partial charge < -0.3 is 9.84 Å². The predicted octanol–water partition coefficient (Wildman–Crippen LogP) is 6.09. The Hall–Kier alpha value is -4.18. The average molecular weight is 407 g/mol. The fourth-order valence-corrected chi connectivity index (χ4v) is 3.37. The van der Waals surface area contributed by atoms with Gasteiger partial charge in [0.15, 0.2) is 0 Å². The number of benzene rings is 3. The third-order valence-corrected chi connectivity index (χ3v) is 4.85. The lowest BCUT2D eigenvalue weighted by Gasteiger charge is -2.13. The van der Waals surface area contributed by atoms with Crippen LogP contribution in [0.15, 0.2) is 103 Å². The van der Waals surface area contributed by atoms with E-state index < -0.39 is 5.97 Å². The number of ether oxygens (including phenoxy) is 1. The molecule has 4 nitrogen and oxygen atoms in total. The van der Waals surface area contributed by atoms with Gasteiger partial charge in [-0.3, -0.25) is 4.98 Å². The number of hydrogen-bond acceptors (Lipinski definition) is 3. The van der Waals surface area contributed by atoms with Crippen molar-refractivity contribution in [1.29, 1.82) is 0 Å². The Morgan fingerprint density at radius 3 is 2.26 bits per heavy atom. The molecule has 0 amide bonds. The monoisotopic (exact) mass is 407 g/mol. The molecule has 0 saturated heterocycles. The van der Waals surface area contributed by atoms with E-state index in [1.807, 2.05) is 91.1 Å². The van der Waals surface area contributed by atoms with Crippen LogP contribution in [-0.4, -0.2) is 16.1 Å². The summed E-state index contributed by atoms with van der Waals surface area (Å²) < 4.78 is 6.11. The summed E-state index contributed by atoms with van der Waals surface area (Å²) in [5, 5.41) is 8.98. The Kier molecular flexibility index (Phi) is 6.19. The van der Waals surface area contributed by atoms with Gasteiger partial charge in [0.25, 0.3) is 0 Å². The zero-order valence-corrected chi connectivity index (χ0v) is 16.8. The van der Waals surface area contributed by atoms with E-state index in [0.29, 0.717) is 6.61 Å². The van der Waals surface area contributed by atoms with Crippen molar-refractivity contribution in [3.8, 4) is 28.0 Å². The van der Waals surface area contributed by atoms with E-state index in [-0.39, 0.29) is 0 Å². The number of carbonyl (C=O) groups is 1. The third-order valence-electron chi connectivity index (χ3n) is 4.85. The van der Waals surface area contributed by atoms with Crippen molar-refractivity contribution < 1.29 is 14.6 Å². The van der Waals surface area contributed by atoms with Gasteiger partial charge in [-0.1, -0.05) is 72.8 Å². The largest absolute Gasteiger partial charge is 0.488 e. The molecule has 0 bridgehead atoms. The lowest BCUT2D eigenvalue weighted by molar-refractivity contribution is -0.131. The van der Waals surface area contributed by atoms with Crippen LogP contribution in [0.1, 0.15) is 11.1 Å². The number of nitrogens with zero attached hydrogens (tertiary/aromatic N) is 1. The number of hydrogen-bond donors (Lipinski definition) is 1. The fourth-order valence-electron chi connectivity index (χ4n) is 3.37. The van der Waals surface area contributed by atoms with Gasteiger partial charge >= 0.3 is 5.97 Å². The van der Waals surface area contributed by atoms with Crippen molar-refractivity contribution in [3.63, 3.8) is 0 Å². The van der Waals surface area contributed by atoms with Crippen LogP contribution in [0.2, 0.25) is 0 Å². The highest BCUT2D eigenvalue weighted by Crippen LogP contribution is 2.33. The molecule has 31 heavy (non-hydrogen) atoms. The molecule has 0 aliphatic carbocycles. The van der Waals surface area contributed by atoms with Crippen molar-refractivity contribution in [1.82, 2.24) is 4.98 Å². The van der Waals surface area contributed by atoms with Crippen molar-refractivity contribution in [2.24, 2.45) is 0 Å². The van der Waals surface area contributed by atoms with Crippen molar-refractivity contribution in [2.75, 3.05) is 0 Å². The molecule has 1 heterocycles. The second-order valence-electron chi connectivity index (χ2n) is 6.99. The Morgan fingerprint density at radius 2 is 1.48 bits per heavy atom. The standard InChI is InChI=1S/C27H21NO3/c29-27(30)15-14-21-10-4-5-11-24(21)22-16-23(18-28-17-22)25-12-6-7-13-26(25)31-19-20-8-2-1-3-9-20/h1-18H,19H2,(H,29,30)/b15-14-. The first kappa shape index (κ1) is 20.1. The molecule has 0 radical (unpaired) electrons. The minimum Gasteiger partial charge on any atom is -0.488 e. The number of rotatable bonds is 7. The van der Waals surface area contributed by atoms with E-state index in [1.54, 1.807) is 12.3 Å². The van der Waals surface area contributed by atoms with Gasteiger partial charge in [0.1, 0.15) is 12.4 Å². The van der Waals surface area contributed by atoms with Gasteiger partial charge in [-0.05, 0) is 34.9 Å². The molecule has 3 aromatic carbocycles. The summed E-state index contributed by atoms with van der Waals surface area (Å²) in [6.45, 7) is 0.480. The van der Waals surface area contributed by atoms with Crippen LogP contribution in [0.3, 0.4) is 0 Å². The number of aliphatic carboxylic acids is 1. The van der Waals surface area contributed by atoms with Gasteiger partial charge in [-0.2, -0.15) is 0 Å². The Bertz CT molecular complexity index is 1220. The highest BCUT2D eigenvalue weighted by Gasteiger charge is 2.10. The molecule has 0 spiro atoms. The molecule has 0 atom stereocenters. The van der Waals surface area contributed by atoms with Crippen LogP contribution in [-0.2, 0) is 11.4 Å². The van der Waals surface area contributed by atoms with Crippen molar-refractivity contribution in [3.05, 3.63) is 115 Å². The summed E-state index contributed by atoms with van der Waals surface area (Å²) in [5.74, 6) is -0.199. The van der Waals surface area contributed by atoms with E-state index in [9.17, 15) is 4.79 Å². The van der Waals surface area contributed by atoms with E-state index in [2.05, 4.69) is 4.98 Å². The molecule has 1 aromatic heterocycles. The fraction of sp³-hybridized carbons (Fsp3) is 0.0370. The lowest BCUT2D eigenvalue weighted by atomic mass is 9.97. The van der Waals surface area contributed by atoms with Crippen molar-refractivity contribution in [2.45, 2.75) is 6.61 Å². The zero-order chi connectivity index (χ0) is 21.5. The molecule has 4 rings (SSSR count). The second kappa shape index (κ2) is 9.55. The Labute approximate surface area is 181 Å². The molecule has 0 saturated carbocycles. The molecule has 1 N–H and O–H groups in total. The van der Waals surface area contributed by atoms with Crippen LogP contribution >= 0.6 is 0 Å². The number of aromatic nitrogens is 1. The topological polar surface area (TPSA) is 59.4 Å². The first-order valence-corrected chi connectivity index (χ1v) is 9.92. The summed E-state index contributed by atoms with van der Waals surface area (Å²) in [5.41, 5.74) is 5.61. The van der Waals surface area contributed by atoms with E-state index in [4.69, 9.17) is 9.84 Å². The van der Waals surface area contributed by atoms with Gasteiger partial charge in [0.2, 0.25) is 0 Å². The molecular weight excluding hydrogens is 386 g/mol. The highest BCUT2D eigenvalue weighted by molar-refractivity contribution is 5.88. The maximum Gasteiger partial charge on any atom is 0.328 e. The molecule has 0 aliphatic heterocycles. The highest BCUT2D eigenvalue weighted by atomic mass is 16.5. The Balaban J connectivity index is 1.67. The smallest absolute Gasteiger partial charge is 0.328 e. The summed E-state index contributed by atoms with van der Waals surface area (Å²) in [7, 11) is 0. The SMILES string of the molecule is O=C(O)/C=C\c1ccccc1-c1cncc(-c2ccccc2OCc2ccccc2)c1. The normalized spacial score (nSPS) is 10.8. The van der Waals surface area contributed by atoms with Gasteiger partial charge in [0, 0.05) is 35.2 Å². The first-order valence-electron chi connectivity index (χ1n) is 9.92. The van der Waals surface area contributed by atoms with E-state index in [0.717, 1.165) is 45.2 Å². The number of carboxylic acids is 1. The molecule has 0 fully saturated rings. The molecule has 4 heteroatoms. The van der Waals surface area contributed by atoms with Crippen LogP contribution in [0, 0.1) is 0 Å². The number of para-hydroxylation sites is 1. The Morgan fingerprint density at radius 1 is 0.839 bits per heavy atom. The van der Waals surface area contributed by atoms with Crippen molar-refractivity contribution >= 4 is 12.0 Å². The van der Waals surface area contributed by atoms with Crippen LogP contribution in [0.25, 0.3) is 28.3 Å². The summed E-state index contributed by atoms with van der Waals surface area (Å²) in [6.07, 6.45) is 6.33. The van der Waals surface area contributed by atoms with Crippen LogP contribution < -0.4 is 4.74 Å². The summed E-state index contributed by atoms with van der Waals surface area (Å²) in [4.78, 5) is 15.4.